The Balaban J connectivity index is 1.32. The van der Waals surface area contributed by atoms with Crippen molar-refractivity contribution in [3.05, 3.63) is 76.8 Å². The highest BCUT2D eigenvalue weighted by molar-refractivity contribution is 7.52. The van der Waals surface area contributed by atoms with Crippen LogP contribution in [0.2, 0.25) is 5.02 Å². The van der Waals surface area contributed by atoms with Gasteiger partial charge in [-0.2, -0.15) is 18.3 Å². The van der Waals surface area contributed by atoms with Gasteiger partial charge in [-0.1, -0.05) is 23.7 Å². The average molecular weight is 713 g/mol. The highest BCUT2D eigenvalue weighted by Crippen LogP contribution is 2.51. The summed E-state index contributed by atoms with van der Waals surface area (Å²) < 4.78 is 80.1. The van der Waals surface area contributed by atoms with Crippen molar-refractivity contribution < 1.29 is 51.3 Å². The van der Waals surface area contributed by atoms with Gasteiger partial charge >= 0.3 is 19.9 Å². The van der Waals surface area contributed by atoms with Crippen molar-refractivity contribution in [2.75, 3.05) is 19.0 Å². The lowest BCUT2D eigenvalue weighted by Crippen LogP contribution is -2.50. The molecule has 0 saturated carbocycles. The number of nitrogens with one attached hydrogen (secondary N) is 2. The zero-order chi connectivity index (χ0) is 34.6. The Labute approximate surface area is 275 Å². The number of hydrogen-bond donors (Lipinski definition) is 4. The largest absolute Gasteiger partial charge is 0.460 e. The Morgan fingerprint density at radius 1 is 1.17 bits per heavy atom. The van der Waals surface area contributed by atoms with Crippen LogP contribution in [0.1, 0.15) is 36.8 Å². The molecule has 2 aromatic carbocycles. The average Bonchev–Trinajstić information content (AvgIpc) is 3.56. The van der Waals surface area contributed by atoms with Gasteiger partial charge in [0.05, 0.1) is 18.5 Å². The summed E-state index contributed by atoms with van der Waals surface area (Å²) in [6.07, 6.45) is -6.43. The maximum Gasteiger partial charge on any atom is 0.460 e. The van der Waals surface area contributed by atoms with Crippen molar-refractivity contribution in [2.45, 2.75) is 56.2 Å². The summed E-state index contributed by atoms with van der Waals surface area (Å²) >= 11 is 5.98. The molecule has 19 heteroatoms. The SMILES string of the molecule is CNc1ncnc2c1ncn2C1OC(COP(=O)(NC2(C)C(=O)OCc3c(C(F)(F)F)cccc32)Oc2ccc(Cl)cc2)[C@@H](O)[C@@]1(C)O. The van der Waals surface area contributed by atoms with Crippen molar-refractivity contribution in [3.63, 3.8) is 0 Å². The lowest BCUT2D eigenvalue weighted by molar-refractivity contribution is -0.156. The number of rotatable bonds is 9. The number of alkyl halides is 3. The number of nitrogens with zero attached hydrogens (tertiary/aromatic N) is 4. The van der Waals surface area contributed by atoms with Crippen LogP contribution in [0.4, 0.5) is 19.0 Å². The third-order valence-corrected chi connectivity index (χ3v) is 10.1. The van der Waals surface area contributed by atoms with E-state index in [0.29, 0.717) is 16.4 Å². The molecule has 4 aromatic rings. The Bertz CT molecular complexity index is 1910. The van der Waals surface area contributed by atoms with Crippen LogP contribution in [0.25, 0.3) is 11.2 Å². The van der Waals surface area contributed by atoms with Crippen LogP contribution in [0.3, 0.4) is 0 Å². The van der Waals surface area contributed by atoms with Gasteiger partial charge in [0.2, 0.25) is 0 Å². The molecule has 0 aliphatic carbocycles. The summed E-state index contributed by atoms with van der Waals surface area (Å²) in [6.45, 7) is 1.12. The Morgan fingerprint density at radius 3 is 2.58 bits per heavy atom. The molecule has 4 N–H and O–H groups in total. The molecule has 0 amide bonds. The number of aliphatic hydroxyl groups is 2. The summed E-state index contributed by atoms with van der Waals surface area (Å²) in [5.41, 5.74) is -5.04. The zero-order valence-electron chi connectivity index (χ0n) is 25.4. The van der Waals surface area contributed by atoms with Gasteiger partial charge in [0, 0.05) is 17.6 Å². The zero-order valence-corrected chi connectivity index (χ0v) is 27.1. The molecule has 6 atom stereocenters. The fourth-order valence-electron chi connectivity index (χ4n) is 5.72. The minimum Gasteiger partial charge on any atom is -0.459 e. The number of fused-ring (bicyclic) bond motifs is 2. The summed E-state index contributed by atoms with van der Waals surface area (Å²) in [4.78, 5) is 25.8. The van der Waals surface area contributed by atoms with Crippen LogP contribution in [-0.4, -0.2) is 67.2 Å². The molecule has 14 nitrogen and oxygen atoms in total. The van der Waals surface area contributed by atoms with Gasteiger partial charge < -0.3 is 29.5 Å². The molecule has 4 unspecified atom stereocenters. The van der Waals surface area contributed by atoms with Gasteiger partial charge in [0.1, 0.15) is 47.5 Å². The first kappa shape index (κ1) is 34.0. The number of imidazole rings is 1. The summed E-state index contributed by atoms with van der Waals surface area (Å²) in [7, 11) is -3.15. The molecule has 2 aliphatic heterocycles. The van der Waals surface area contributed by atoms with Crippen LogP contribution in [0.5, 0.6) is 5.75 Å². The van der Waals surface area contributed by atoms with E-state index in [1.54, 1.807) is 7.05 Å². The first-order chi connectivity index (χ1) is 22.6. The molecule has 0 bridgehead atoms. The number of carbonyl (C=O) groups excluding carboxylic acids is 1. The number of esters is 1. The van der Waals surface area contributed by atoms with E-state index in [1.165, 1.54) is 61.4 Å². The number of aromatic nitrogens is 4. The molecule has 4 heterocycles. The van der Waals surface area contributed by atoms with E-state index in [9.17, 15) is 32.7 Å². The second kappa shape index (κ2) is 12.2. The summed E-state index contributed by atoms with van der Waals surface area (Å²) in [5.74, 6) is -0.690. The molecule has 6 rings (SSSR count). The maximum atomic E-state index is 14.5. The fourth-order valence-corrected chi connectivity index (χ4v) is 7.51. The van der Waals surface area contributed by atoms with E-state index in [-0.39, 0.29) is 22.5 Å². The van der Waals surface area contributed by atoms with E-state index >= 15 is 0 Å². The van der Waals surface area contributed by atoms with Gasteiger partial charge in [-0.15, -0.1) is 0 Å². The predicted molar refractivity (Wildman–Crippen MR) is 163 cm³/mol. The molecule has 2 aromatic heterocycles. The summed E-state index contributed by atoms with van der Waals surface area (Å²) in [5, 5.41) is 28.2. The van der Waals surface area contributed by atoms with Gasteiger partial charge in [-0.25, -0.2) is 24.3 Å². The Morgan fingerprint density at radius 2 is 1.90 bits per heavy atom. The summed E-state index contributed by atoms with van der Waals surface area (Å²) in [6, 6.07) is 8.78. The van der Waals surface area contributed by atoms with Crippen LogP contribution >= 0.6 is 19.3 Å². The first-order valence-electron chi connectivity index (χ1n) is 14.3. The van der Waals surface area contributed by atoms with E-state index in [2.05, 4.69) is 25.4 Å². The van der Waals surface area contributed by atoms with Gasteiger partial charge in [0.25, 0.3) is 0 Å². The number of anilines is 1. The molecule has 1 fully saturated rings. The minimum absolute atomic E-state index is 0.0463. The maximum absolute atomic E-state index is 14.5. The van der Waals surface area contributed by atoms with Crippen molar-refractivity contribution in [1.29, 1.82) is 0 Å². The van der Waals surface area contributed by atoms with Gasteiger partial charge in [-0.05, 0) is 49.7 Å². The lowest BCUT2D eigenvalue weighted by Gasteiger charge is -2.37. The second-order valence-electron chi connectivity index (χ2n) is 11.5. The minimum atomic E-state index is -4.79. The number of hydrogen-bond acceptors (Lipinski definition) is 12. The molecular formula is C29H29ClF3N6O8P. The smallest absolute Gasteiger partial charge is 0.459 e. The number of carbonyl (C=O) groups is 1. The van der Waals surface area contributed by atoms with Gasteiger partial charge in [-0.3, -0.25) is 9.09 Å². The number of benzene rings is 2. The van der Waals surface area contributed by atoms with Crippen LogP contribution in [-0.2, 0) is 41.7 Å². The number of cyclic esters (lactones) is 1. The first-order valence-corrected chi connectivity index (χ1v) is 16.3. The van der Waals surface area contributed by atoms with Gasteiger partial charge in [0.15, 0.2) is 17.7 Å². The number of halogens is 4. The second-order valence-corrected chi connectivity index (χ2v) is 13.6. The molecule has 0 spiro atoms. The highest BCUT2D eigenvalue weighted by Gasteiger charge is 2.55. The van der Waals surface area contributed by atoms with E-state index in [4.69, 9.17) is 30.1 Å². The Hall–Kier alpha value is -3.83. The van der Waals surface area contributed by atoms with Crippen molar-refractivity contribution in [3.8, 4) is 5.75 Å². The molecule has 2 aliphatic rings. The standard InChI is InChI=1S/C29H29ClF3N6O8P/c1-27(18-5-4-6-19(29(31,32)33)17(18)11-44-26(27)41)38-48(43,47-16-9-7-15(30)8-10-16)45-12-20-22(40)28(2,42)25(46-20)39-14-37-21-23(34-3)35-13-36-24(21)39/h4-10,13-14,20,22,25,40,42H,11-12H2,1-3H3,(H,38,43)(H,34,35,36)/t20?,22-,25?,27?,28-,48?/m1/s1. The monoisotopic (exact) mass is 712 g/mol. The molecule has 0 radical (unpaired) electrons. The number of aliphatic hydroxyl groups excluding tert-OH is 1. The van der Waals surface area contributed by atoms with Crippen LogP contribution in [0, 0.1) is 0 Å². The normalized spacial score (nSPS) is 26.9. The van der Waals surface area contributed by atoms with Crippen LogP contribution in [0.15, 0.2) is 55.1 Å². The van der Waals surface area contributed by atoms with E-state index < -0.39 is 68.2 Å². The molecule has 256 valence electrons. The predicted octanol–water partition coefficient (Wildman–Crippen LogP) is 4.32. The fraction of sp³-hybridized carbons (Fsp3) is 0.379. The quantitative estimate of drug-likeness (QED) is 0.143. The third-order valence-electron chi connectivity index (χ3n) is 8.19. The highest BCUT2D eigenvalue weighted by atomic mass is 35.5. The molecule has 48 heavy (non-hydrogen) atoms. The third kappa shape index (κ3) is 6.00. The number of ether oxygens (including phenoxy) is 2. The topological polar surface area (TPSA) is 179 Å². The lowest BCUT2D eigenvalue weighted by atomic mass is 9.85. The van der Waals surface area contributed by atoms with E-state index in [0.717, 1.165) is 12.1 Å². The molecular weight excluding hydrogens is 684 g/mol. The molecule has 1 saturated heterocycles. The van der Waals surface area contributed by atoms with Crippen molar-refractivity contribution >= 4 is 42.3 Å². The van der Waals surface area contributed by atoms with Crippen molar-refractivity contribution in [2.24, 2.45) is 0 Å². The van der Waals surface area contributed by atoms with Crippen molar-refractivity contribution in [1.82, 2.24) is 24.6 Å². The van der Waals surface area contributed by atoms with Crippen LogP contribution < -0.4 is 14.9 Å². The Kier molecular flexibility index (Phi) is 8.69. The van der Waals surface area contributed by atoms with E-state index in [1.807, 2.05) is 0 Å².